The summed E-state index contributed by atoms with van der Waals surface area (Å²) in [7, 11) is 2.72. The maximum Gasteiger partial charge on any atom is 0.513 e. The van der Waals surface area contributed by atoms with Gasteiger partial charge in [0, 0.05) is 17.7 Å². The molecule has 0 spiro atoms. The lowest BCUT2D eigenvalue weighted by atomic mass is 10.0. The number of nitro benzene ring substituents is 1. The minimum atomic E-state index is -0.899. The molecule has 0 atom stereocenters. The van der Waals surface area contributed by atoms with Gasteiger partial charge in [0.25, 0.3) is 5.69 Å². The van der Waals surface area contributed by atoms with Gasteiger partial charge in [-0.15, -0.1) is 0 Å². The minimum absolute atomic E-state index is 0.108. The quantitative estimate of drug-likeness (QED) is 0.372. The highest BCUT2D eigenvalue weighted by molar-refractivity contribution is 5.76. The molecule has 0 aliphatic heterocycles. The molecule has 114 valence electrons. The van der Waals surface area contributed by atoms with Crippen LogP contribution in [-0.2, 0) is 4.74 Å². The third-order valence-corrected chi connectivity index (χ3v) is 2.93. The van der Waals surface area contributed by atoms with Crippen LogP contribution in [0.2, 0.25) is 0 Å². The molecule has 0 saturated carbocycles. The molecule has 2 rings (SSSR count). The van der Waals surface area contributed by atoms with Crippen molar-refractivity contribution in [1.29, 1.82) is 0 Å². The Labute approximate surface area is 126 Å². The molecule has 0 aliphatic rings. The summed E-state index contributed by atoms with van der Waals surface area (Å²) in [5.41, 5.74) is 0.939. The molecule has 0 aromatic heterocycles. The molecule has 0 saturated heterocycles. The molecule has 7 nitrogen and oxygen atoms in total. The summed E-state index contributed by atoms with van der Waals surface area (Å²) in [6.45, 7) is 0. The number of carbonyl (C=O) groups excluding carboxylic acids is 1. The summed E-state index contributed by atoms with van der Waals surface area (Å²) >= 11 is 0. The number of nitro groups is 1. The number of benzene rings is 2. The van der Waals surface area contributed by atoms with Crippen molar-refractivity contribution in [3.05, 3.63) is 52.6 Å². The van der Waals surface area contributed by atoms with Gasteiger partial charge >= 0.3 is 6.16 Å². The van der Waals surface area contributed by atoms with Crippen molar-refractivity contribution in [3.8, 4) is 22.6 Å². The molecular weight excluding hydrogens is 290 g/mol. The van der Waals surface area contributed by atoms with Crippen LogP contribution in [0.25, 0.3) is 11.1 Å². The molecule has 0 amide bonds. The molecule has 2 aromatic rings. The topological polar surface area (TPSA) is 87.9 Å². The van der Waals surface area contributed by atoms with E-state index in [0.29, 0.717) is 16.9 Å². The molecule has 22 heavy (non-hydrogen) atoms. The van der Waals surface area contributed by atoms with Gasteiger partial charge < -0.3 is 14.2 Å². The van der Waals surface area contributed by atoms with Crippen molar-refractivity contribution < 1.29 is 23.9 Å². The molecule has 0 fully saturated rings. The number of methoxy groups -OCH3 is 2. The van der Waals surface area contributed by atoms with Crippen LogP contribution in [0.3, 0.4) is 0 Å². The summed E-state index contributed by atoms with van der Waals surface area (Å²) in [6, 6.07) is 10.8. The fourth-order valence-corrected chi connectivity index (χ4v) is 1.85. The monoisotopic (exact) mass is 303 g/mol. The molecule has 0 bridgehead atoms. The molecule has 0 radical (unpaired) electrons. The lowest BCUT2D eigenvalue weighted by molar-refractivity contribution is -0.384. The Kier molecular flexibility index (Phi) is 4.57. The molecule has 0 aliphatic carbocycles. The van der Waals surface area contributed by atoms with Crippen molar-refractivity contribution in [2.75, 3.05) is 14.2 Å². The van der Waals surface area contributed by atoms with E-state index in [4.69, 9.17) is 9.47 Å². The highest BCUT2D eigenvalue weighted by atomic mass is 16.7. The maximum absolute atomic E-state index is 11.3. The van der Waals surface area contributed by atoms with Crippen LogP contribution in [0.15, 0.2) is 42.5 Å². The maximum atomic E-state index is 11.3. The van der Waals surface area contributed by atoms with Gasteiger partial charge in [0.2, 0.25) is 0 Å². The van der Waals surface area contributed by atoms with Crippen molar-refractivity contribution in [2.24, 2.45) is 0 Å². The lowest BCUT2D eigenvalue weighted by Gasteiger charge is -2.10. The standard InChI is InChI=1S/C15H13NO6/c1-20-12-6-3-10(4-7-12)13-9-11(16(18)19)5-8-14(13)22-15(17)21-2/h3-9H,1-2H3. The van der Waals surface area contributed by atoms with Gasteiger partial charge in [-0.05, 0) is 23.8 Å². The van der Waals surface area contributed by atoms with Gasteiger partial charge in [-0.1, -0.05) is 12.1 Å². The summed E-state index contributed by atoms with van der Waals surface area (Å²) in [4.78, 5) is 21.7. The first-order valence-electron chi connectivity index (χ1n) is 6.24. The first kappa shape index (κ1) is 15.3. The molecule has 0 unspecified atom stereocenters. The van der Waals surface area contributed by atoms with Gasteiger partial charge in [-0.2, -0.15) is 0 Å². The molecule has 0 N–H and O–H groups in total. The van der Waals surface area contributed by atoms with Crippen LogP contribution in [0.4, 0.5) is 10.5 Å². The number of nitrogens with zero attached hydrogens (tertiary/aromatic N) is 1. The highest BCUT2D eigenvalue weighted by Gasteiger charge is 2.16. The number of ether oxygens (including phenoxy) is 3. The van der Waals surface area contributed by atoms with Crippen molar-refractivity contribution >= 4 is 11.8 Å². The predicted molar refractivity (Wildman–Crippen MR) is 78.1 cm³/mol. The zero-order chi connectivity index (χ0) is 16.1. The van der Waals surface area contributed by atoms with Crippen LogP contribution >= 0.6 is 0 Å². The van der Waals surface area contributed by atoms with E-state index in [1.165, 1.54) is 32.4 Å². The van der Waals surface area contributed by atoms with E-state index in [-0.39, 0.29) is 11.4 Å². The number of hydrogen-bond acceptors (Lipinski definition) is 6. The third kappa shape index (κ3) is 3.32. The Balaban J connectivity index is 2.50. The fraction of sp³-hybridized carbons (Fsp3) is 0.133. The van der Waals surface area contributed by atoms with Crippen LogP contribution in [0, 0.1) is 10.1 Å². The van der Waals surface area contributed by atoms with Gasteiger partial charge in [0.05, 0.1) is 19.1 Å². The van der Waals surface area contributed by atoms with E-state index < -0.39 is 11.1 Å². The summed E-state index contributed by atoms with van der Waals surface area (Å²) in [6.07, 6.45) is -0.899. The summed E-state index contributed by atoms with van der Waals surface area (Å²) < 4.78 is 14.5. The van der Waals surface area contributed by atoms with Crippen LogP contribution in [-0.4, -0.2) is 25.3 Å². The van der Waals surface area contributed by atoms with Gasteiger partial charge in [0.1, 0.15) is 11.5 Å². The second kappa shape index (κ2) is 6.57. The van der Waals surface area contributed by atoms with E-state index in [2.05, 4.69) is 4.74 Å². The van der Waals surface area contributed by atoms with Gasteiger partial charge in [-0.3, -0.25) is 10.1 Å². The largest absolute Gasteiger partial charge is 0.513 e. The number of non-ortho nitro benzene ring substituents is 1. The second-order valence-corrected chi connectivity index (χ2v) is 4.22. The highest BCUT2D eigenvalue weighted by Crippen LogP contribution is 2.34. The van der Waals surface area contributed by atoms with Crippen molar-refractivity contribution in [3.63, 3.8) is 0 Å². The van der Waals surface area contributed by atoms with E-state index in [1.807, 2.05) is 0 Å². The number of hydrogen-bond donors (Lipinski definition) is 0. The van der Waals surface area contributed by atoms with E-state index in [9.17, 15) is 14.9 Å². The average molecular weight is 303 g/mol. The molecule has 0 heterocycles. The zero-order valence-electron chi connectivity index (χ0n) is 11.9. The Morgan fingerprint density at radius 2 is 1.77 bits per heavy atom. The smallest absolute Gasteiger partial charge is 0.497 e. The SMILES string of the molecule is COC(=O)Oc1ccc([N+](=O)[O-])cc1-c1ccc(OC)cc1. The first-order valence-corrected chi connectivity index (χ1v) is 6.24. The predicted octanol–water partition coefficient (Wildman–Crippen LogP) is 3.42. The number of carbonyl (C=O) groups is 1. The van der Waals surface area contributed by atoms with Crippen LogP contribution < -0.4 is 9.47 Å². The first-order chi connectivity index (χ1) is 10.5. The molecule has 7 heteroatoms. The average Bonchev–Trinajstić information content (AvgIpc) is 2.55. The third-order valence-electron chi connectivity index (χ3n) is 2.93. The normalized spacial score (nSPS) is 9.91. The Morgan fingerprint density at radius 1 is 1.09 bits per heavy atom. The summed E-state index contributed by atoms with van der Waals surface area (Å²) in [5, 5.41) is 10.9. The summed E-state index contributed by atoms with van der Waals surface area (Å²) in [5.74, 6) is 0.812. The fourth-order valence-electron chi connectivity index (χ4n) is 1.85. The molecule has 2 aromatic carbocycles. The van der Waals surface area contributed by atoms with Crippen molar-refractivity contribution in [1.82, 2.24) is 0 Å². The van der Waals surface area contributed by atoms with Crippen LogP contribution in [0.5, 0.6) is 11.5 Å². The van der Waals surface area contributed by atoms with Gasteiger partial charge in [0.15, 0.2) is 0 Å². The Bertz CT molecular complexity index is 696. The zero-order valence-corrected chi connectivity index (χ0v) is 11.9. The van der Waals surface area contributed by atoms with Gasteiger partial charge in [-0.25, -0.2) is 4.79 Å². The Hall–Kier alpha value is -3.09. The second-order valence-electron chi connectivity index (χ2n) is 4.22. The van der Waals surface area contributed by atoms with Crippen LogP contribution in [0.1, 0.15) is 0 Å². The van der Waals surface area contributed by atoms with E-state index in [1.54, 1.807) is 24.3 Å². The number of rotatable bonds is 4. The molecular formula is C15H13NO6. The van der Waals surface area contributed by atoms with E-state index in [0.717, 1.165) is 0 Å². The van der Waals surface area contributed by atoms with E-state index >= 15 is 0 Å². The lowest BCUT2D eigenvalue weighted by Crippen LogP contribution is -2.08. The van der Waals surface area contributed by atoms with Crippen molar-refractivity contribution in [2.45, 2.75) is 0 Å². The minimum Gasteiger partial charge on any atom is -0.497 e. The Morgan fingerprint density at radius 3 is 2.32 bits per heavy atom.